The van der Waals surface area contributed by atoms with E-state index in [1.54, 1.807) is 0 Å². The van der Waals surface area contributed by atoms with Gasteiger partial charge in [-0.05, 0) is 36.7 Å². The minimum Gasteiger partial charge on any atom is -0.373 e. The van der Waals surface area contributed by atoms with E-state index in [-0.39, 0.29) is 11.9 Å². The molecule has 2 aromatic rings. The topological polar surface area (TPSA) is 47.6 Å². The molecule has 5 nitrogen and oxygen atoms in total. The van der Waals surface area contributed by atoms with E-state index in [0.717, 1.165) is 38.3 Å². The van der Waals surface area contributed by atoms with Crippen LogP contribution >= 0.6 is 0 Å². The molecule has 2 aliphatic rings. The van der Waals surface area contributed by atoms with Crippen molar-refractivity contribution in [2.75, 3.05) is 43.4 Å². The number of aryl methyl sites for hydroxylation is 1. The molecule has 142 valence electrons. The third kappa shape index (κ3) is 3.78. The molecule has 5 heteroatoms. The first-order valence-electron chi connectivity index (χ1n) is 9.76. The highest BCUT2D eigenvalue weighted by atomic mass is 16.2. The van der Waals surface area contributed by atoms with Crippen molar-refractivity contribution in [3.05, 3.63) is 59.2 Å². The normalized spacial score (nSPS) is 19.5. The number of carbonyl (C=O) groups excluding carboxylic acids is 1. The lowest BCUT2D eigenvalue weighted by atomic mass is 10.1. The van der Waals surface area contributed by atoms with Crippen LogP contribution in [-0.4, -0.2) is 50.1 Å². The lowest BCUT2D eigenvalue weighted by molar-refractivity contribution is -0.121. The van der Waals surface area contributed by atoms with Crippen LogP contribution in [0.5, 0.6) is 0 Å². The molecule has 0 spiro atoms. The number of nitrogens with one attached hydrogen (secondary N) is 2. The van der Waals surface area contributed by atoms with Gasteiger partial charge in [0.2, 0.25) is 5.91 Å². The van der Waals surface area contributed by atoms with Gasteiger partial charge in [0.25, 0.3) is 0 Å². The highest BCUT2D eigenvalue weighted by molar-refractivity contribution is 5.88. The Morgan fingerprint density at radius 3 is 2.67 bits per heavy atom. The van der Waals surface area contributed by atoms with Gasteiger partial charge >= 0.3 is 0 Å². The molecule has 2 aromatic carbocycles. The van der Waals surface area contributed by atoms with Crippen LogP contribution in [-0.2, 0) is 17.8 Å². The number of likely N-dealkylation sites (N-methyl/N-ethyl adjacent to an activating group) is 1. The zero-order chi connectivity index (χ0) is 18.8. The molecule has 27 heavy (non-hydrogen) atoms. The molecule has 1 fully saturated rings. The maximum Gasteiger partial charge on any atom is 0.243 e. The summed E-state index contributed by atoms with van der Waals surface area (Å²) in [4.78, 5) is 17.5. The SMILES string of the molecule is Cc1cccc2c1NC(C(=O)NCc1ccccc1N1CCN(C)CC1)C2. The quantitative estimate of drug-likeness (QED) is 0.875. The Balaban J connectivity index is 1.40. The summed E-state index contributed by atoms with van der Waals surface area (Å²) in [6.45, 7) is 6.85. The third-order valence-electron chi connectivity index (χ3n) is 5.71. The maximum atomic E-state index is 12.7. The lowest BCUT2D eigenvalue weighted by Crippen LogP contribution is -2.45. The molecular weight excluding hydrogens is 336 g/mol. The molecule has 1 atom stereocenters. The number of amides is 1. The fraction of sp³-hybridized carbons (Fsp3) is 0.409. The first-order chi connectivity index (χ1) is 13.1. The molecule has 1 unspecified atom stereocenters. The van der Waals surface area contributed by atoms with E-state index in [9.17, 15) is 4.79 Å². The summed E-state index contributed by atoms with van der Waals surface area (Å²) in [5.74, 6) is 0.0683. The van der Waals surface area contributed by atoms with Gasteiger partial charge in [0, 0.05) is 50.5 Å². The van der Waals surface area contributed by atoms with Gasteiger partial charge in [-0.1, -0.05) is 36.4 Å². The predicted molar refractivity (Wildman–Crippen MR) is 110 cm³/mol. The third-order valence-corrected chi connectivity index (χ3v) is 5.71. The van der Waals surface area contributed by atoms with Crippen LogP contribution in [0.2, 0.25) is 0 Å². The van der Waals surface area contributed by atoms with Crippen molar-refractivity contribution in [1.29, 1.82) is 0 Å². The summed E-state index contributed by atoms with van der Waals surface area (Å²) in [6, 6.07) is 14.5. The summed E-state index contributed by atoms with van der Waals surface area (Å²) in [7, 11) is 2.16. The Hall–Kier alpha value is -2.53. The predicted octanol–water partition coefficient (Wildman–Crippen LogP) is 2.40. The minimum absolute atomic E-state index is 0.0683. The Labute approximate surface area is 161 Å². The Kier molecular flexibility index (Phi) is 5.03. The van der Waals surface area contributed by atoms with Gasteiger partial charge < -0.3 is 20.4 Å². The molecule has 1 saturated heterocycles. The molecular formula is C22H28N4O. The molecule has 0 aromatic heterocycles. The van der Waals surface area contributed by atoms with Gasteiger partial charge in [0.05, 0.1) is 0 Å². The molecule has 0 radical (unpaired) electrons. The van der Waals surface area contributed by atoms with Gasteiger partial charge in [-0.2, -0.15) is 0 Å². The number of hydrogen-bond donors (Lipinski definition) is 2. The number of fused-ring (bicyclic) bond motifs is 1. The van der Waals surface area contributed by atoms with Crippen LogP contribution in [0, 0.1) is 6.92 Å². The molecule has 0 saturated carbocycles. The Morgan fingerprint density at radius 1 is 1.11 bits per heavy atom. The second-order valence-electron chi connectivity index (χ2n) is 7.65. The zero-order valence-electron chi connectivity index (χ0n) is 16.2. The summed E-state index contributed by atoms with van der Waals surface area (Å²) in [6.07, 6.45) is 0.753. The van der Waals surface area contributed by atoms with Crippen molar-refractivity contribution >= 4 is 17.3 Å². The standard InChI is InChI=1S/C22H28N4O/c1-16-6-5-8-17-14-19(24-21(16)17)22(27)23-15-18-7-3-4-9-20(18)26-12-10-25(2)11-13-26/h3-9,19,24H,10-15H2,1-2H3,(H,23,27). The van der Waals surface area contributed by atoms with Crippen molar-refractivity contribution < 1.29 is 4.79 Å². The van der Waals surface area contributed by atoms with Gasteiger partial charge in [-0.25, -0.2) is 0 Å². The Morgan fingerprint density at radius 2 is 1.89 bits per heavy atom. The monoisotopic (exact) mass is 364 g/mol. The van der Waals surface area contributed by atoms with Gasteiger partial charge in [-0.15, -0.1) is 0 Å². The maximum absolute atomic E-state index is 12.7. The van der Waals surface area contributed by atoms with E-state index in [0.29, 0.717) is 6.54 Å². The number of nitrogens with zero attached hydrogens (tertiary/aromatic N) is 2. The largest absolute Gasteiger partial charge is 0.373 e. The summed E-state index contributed by atoms with van der Waals surface area (Å²) in [5.41, 5.74) is 5.97. The van der Waals surface area contributed by atoms with Crippen LogP contribution in [0.1, 0.15) is 16.7 Å². The smallest absolute Gasteiger partial charge is 0.243 e. The second-order valence-corrected chi connectivity index (χ2v) is 7.65. The van der Waals surface area contributed by atoms with Crippen LogP contribution in [0.4, 0.5) is 11.4 Å². The van der Waals surface area contributed by atoms with Crippen molar-refractivity contribution in [1.82, 2.24) is 10.2 Å². The number of rotatable bonds is 4. The molecule has 0 aliphatic carbocycles. The van der Waals surface area contributed by atoms with Crippen LogP contribution < -0.4 is 15.5 Å². The van der Waals surface area contributed by atoms with Crippen molar-refractivity contribution in [2.24, 2.45) is 0 Å². The number of carbonyl (C=O) groups is 1. The molecule has 4 rings (SSSR count). The van der Waals surface area contributed by atoms with Crippen LogP contribution in [0.15, 0.2) is 42.5 Å². The number of anilines is 2. The summed E-state index contributed by atoms with van der Waals surface area (Å²) >= 11 is 0. The molecule has 2 N–H and O–H groups in total. The molecule has 1 amide bonds. The van der Waals surface area contributed by atoms with Crippen molar-refractivity contribution in [2.45, 2.75) is 25.9 Å². The number of benzene rings is 2. The second kappa shape index (κ2) is 7.61. The minimum atomic E-state index is -0.183. The summed E-state index contributed by atoms with van der Waals surface area (Å²) in [5, 5.41) is 6.54. The molecule has 2 heterocycles. The van der Waals surface area contributed by atoms with E-state index in [1.165, 1.54) is 22.4 Å². The van der Waals surface area contributed by atoms with Crippen LogP contribution in [0.3, 0.4) is 0 Å². The Bertz CT molecular complexity index is 827. The van der Waals surface area contributed by atoms with E-state index < -0.39 is 0 Å². The fourth-order valence-electron chi connectivity index (χ4n) is 4.03. The number of para-hydroxylation sites is 2. The average Bonchev–Trinajstić information content (AvgIpc) is 3.13. The average molecular weight is 364 g/mol. The number of piperazine rings is 1. The first-order valence-corrected chi connectivity index (χ1v) is 9.76. The van der Waals surface area contributed by atoms with E-state index in [4.69, 9.17) is 0 Å². The highest BCUT2D eigenvalue weighted by Gasteiger charge is 2.27. The van der Waals surface area contributed by atoms with Gasteiger partial charge in [-0.3, -0.25) is 4.79 Å². The van der Waals surface area contributed by atoms with E-state index in [2.05, 4.69) is 70.8 Å². The zero-order valence-corrected chi connectivity index (χ0v) is 16.2. The molecule has 0 bridgehead atoms. The van der Waals surface area contributed by atoms with Gasteiger partial charge in [0.15, 0.2) is 0 Å². The highest BCUT2D eigenvalue weighted by Crippen LogP contribution is 2.29. The van der Waals surface area contributed by atoms with Gasteiger partial charge in [0.1, 0.15) is 6.04 Å². The fourth-order valence-corrected chi connectivity index (χ4v) is 4.03. The van der Waals surface area contributed by atoms with Crippen LogP contribution in [0.25, 0.3) is 0 Å². The van der Waals surface area contributed by atoms with E-state index in [1.807, 2.05) is 6.07 Å². The first kappa shape index (κ1) is 17.9. The molecule has 2 aliphatic heterocycles. The number of hydrogen-bond acceptors (Lipinski definition) is 4. The van der Waals surface area contributed by atoms with Crippen molar-refractivity contribution in [3.8, 4) is 0 Å². The van der Waals surface area contributed by atoms with Crippen molar-refractivity contribution in [3.63, 3.8) is 0 Å². The lowest BCUT2D eigenvalue weighted by Gasteiger charge is -2.35. The van der Waals surface area contributed by atoms with E-state index >= 15 is 0 Å². The summed E-state index contributed by atoms with van der Waals surface area (Å²) < 4.78 is 0.